The zero-order chi connectivity index (χ0) is 6.62. The van der Waals surface area contributed by atoms with Crippen LogP contribution in [-0.4, -0.2) is 32.4 Å². The van der Waals surface area contributed by atoms with Crippen LogP contribution in [0.5, 0.6) is 0 Å². The van der Waals surface area contributed by atoms with Gasteiger partial charge < -0.3 is 26.2 Å². The third-order valence-electron chi connectivity index (χ3n) is 0.515. The lowest BCUT2D eigenvalue weighted by Crippen LogP contribution is -1.83. The van der Waals surface area contributed by atoms with Gasteiger partial charge in [-0.3, -0.25) is 4.57 Å². The Labute approximate surface area is 63.4 Å². The van der Waals surface area contributed by atoms with Gasteiger partial charge in [0.15, 0.2) is 0 Å². The van der Waals surface area contributed by atoms with Crippen LogP contribution in [0, 0.1) is 11.3 Å². The van der Waals surface area contributed by atoms with Crippen molar-refractivity contribution in [3.8, 4) is 6.07 Å². The number of hydrogen-bond acceptors (Lipinski definition) is 2. The Bertz CT molecular complexity index is 146. The zero-order valence-electron chi connectivity index (χ0n) is 5.61. The van der Waals surface area contributed by atoms with Crippen LogP contribution < -0.4 is 0 Å². The minimum absolute atomic E-state index is 0. The van der Waals surface area contributed by atoms with Crippen LogP contribution in [-0.2, 0) is 4.57 Å². The van der Waals surface area contributed by atoms with Gasteiger partial charge in [-0.1, -0.05) is 0 Å². The second-order valence-electron chi connectivity index (χ2n) is 1.30. The number of nitrogens with zero attached hydrogens (tertiary/aromatic N) is 1. The second kappa shape index (κ2) is 9.52. The smallest absolute Gasteiger partial charge is 0.326 e. The van der Waals surface area contributed by atoms with Crippen molar-refractivity contribution in [1.82, 2.24) is 0 Å². The van der Waals surface area contributed by atoms with E-state index in [4.69, 9.17) is 15.0 Å². The third kappa shape index (κ3) is 26.4. The highest BCUT2D eigenvalue weighted by molar-refractivity contribution is 7.51. The molecular weight excluding hydrogens is 177 g/mol. The fourth-order valence-electron chi connectivity index (χ4n) is 0.196. The van der Waals surface area contributed by atoms with Gasteiger partial charge in [0, 0.05) is 6.42 Å². The SMILES string of the molecule is N#CCCP(=O)(O)O.O.O.O. The predicted octanol–water partition coefficient (Wildman–Crippen LogP) is -2.40. The van der Waals surface area contributed by atoms with Gasteiger partial charge in [-0.05, 0) is 0 Å². The van der Waals surface area contributed by atoms with Crippen molar-refractivity contribution in [2.45, 2.75) is 6.42 Å². The van der Waals surface area contributed by atoms with Crippen molar-refractivity contribution in [3.63, 3.8) is 0 Å². The Morgan fingerprint density at radius 3 is 1.73 bits per heavy atom. The summed E-state index contributed by atoms with van der Waals surface area (Å²) < 4.78 is 9.93. The first-order chi connectivity index (χ1) is 3.56. The van der Waals surface area contributed by atoms with E-state index in [0.717, 1.165) is 0 Å². The Balaban J connectivity index is -0.0000000817. The van der Waals surface area contributed by atoms with E-state index in [9.17, 15) is 4.57 Å². The van der Waals surface area contributed by atoms with Gasteiger partial charge in [0.1, 0.15) is 0 Å². The lowest BCUT2D eigenvalue weighted by Gasteiger charge is -1.95. The minimum atomic E-state index is -3.90. The van der Waals surface area contributed by atoms with Crippen LogP contribution in [0.3, 0.4) is 0 Å². The molecule has 0 saturated heterocycles. The summed E-state index contributed by atoms with van der Waals surface area (Å²) in [6.07, 6.45) is -0.409. The van der Waals surface area contributed by atoms with Gasteiger partial charge in [0.05, 0.1) is 12.2 Å². The monoisotopic (exact) mass is 189 g/mol. The van der Waals surface area contributed by atoms with Crippen LogP contribution >= 0.6 is 7.60 Å². The Morgan fingerprint density at radius 2 is 1.64 bits per heavy atom. The topological polar surface area (TPSA) is 176 Å². The molecule has 7 nitrogen and oxygen atoms in total. The summed E-state index contributed by atoms with van der Waals surface area (Å²) in [4.78, 5) is 16.2. The van der Waals surface area contributed by atoms with E-state index in [1.165, 1.54) is 0 Å². The summed E-state index contributed by atoms with van der Waals surface area (Å²) in [5.41, 5.74) is 0. The van der Waals surface area contributed by atoms with Gasteiger partial charge in [0.2, 0.25) is 0 Å². The molecule has 0 heterocycles. The molecule has 0 amide bonds. The number of rotatable bonds is 2. The van der Waals surface area contributed by atoms with Crippen molar-refractivity contribution in [2.75, 3.05) is 6.16 Å². The molecule has 0 aliphatic rings. The average molecular weight is 189 g/mol. The lowest BCUT2D eigenvalue weighted by molar-refractivity contribution is 0.373. The second-order valence-corrected chi connectivity index (χ2v) is 3.07. The van der Waals surface area contributed by atoms with Crippen LogP contribution in [0.4, 0.5) is 0 Å². The molecule has 0 rings (SSSR count). The quantitative estimate of drug-likeness (QED) is 0.460. The number of nitriles is 1. The Kier molecular flexibility index (Phi) is 19.4. The van der Waals surface area contributed by atoms with Crippen LogP contribution in [0.1, 0.15) is 6.42 Å². The van der Waals surface area contributed by atoms with Crippen molar-refractivity contribution in [3.05, 3.63) is 0 Å². The third-order valence-corrected chi connectivity index (χ3v) is 1.32. The first-order valence-electron chi connectivity index (χ1n) is 1.98. The van der Waals surface area contributed by atoms with Crippen molar-refractivity contribution in [1.29, 1.82) is 5.26 Å². The fourth-order valence-corrected chi connectivity index (χ4v) is 0.587. The van der Waals surface area contributed by atoms with Gasteiger partial charge in [-0.25, -0.2) is 0 Å². The summed E-state index contributed by atoms with van der Waals surface area (Å²) in [7, 11) is -3.90. The highest BCUT2D eigenvalue weighted by Gasteiger charge is 2.10. The molecule has 8 heteroatoms. The standard InChI is InChI=1S/C3H6NO3P.3H2O/c4-2-1-3-8(5,6)7;;;/h1,3H2,(H2,5,6,7);3*1H2. The van der Waals surface area contributed by atoms with Gasteiger partial charge in [-0.15, -0.1) is 0 Å². The van der Waals surface area contributed by atoms with Gasteiger partial charge >= 0.3 is 7.60 Å². The molecular formula is C3H12NO6P. The molecule has 0 fully saturated rings. The molecule has 0 unspecified atom stereocenters. The minimum Gasteiger partial charge on any atom is -0.412 e. The average Bonchev–Trinajstić information content (AvgIpc) is 1.59. The van der Waals surface area contributed by atoms with Crippen LogP contribution in [0.15, 0.2) is 0 Å². The summed E-state index contributed by atoms with van der Waals surface area (Å²) >= 11 is 0. The van der Waals surface area contributed by atoms with E-state index in [-0.39, 0.29) is 29.0 Å². The fraction of sp³-hybridized carbons (Fsp3) is 0.667. The maximum absolute atomic E-state index is 9.93. The summed E-state index contributed by atoms with van der Waals surface area (Å²) in [6, 6.07) is 1.63. The molecule has 0 aromatic heterocycles. The summed E-state index contributed by atoms with van der Waals surface area (Å²) in [6.45, 7) is 0. The number of hydrogen-bond donors (Lipinski definition) is 2. The Morgan fingerprint density at radius 1 is 1.27 bits per heavy atom. The molecule has 0 aromatic carbocycles. The normalized spacial score (nSPS) is 7.73. The van der Waals surface area contributed by atoms with E-state index < -0.39 is 7.60 Å². The zero-order valence-corrected chi connectivity index (χ0v) is 6.51. The van der Waals surface area contributed by atoms with Crippen LogP contribution in [0.25, 0.3) is 0 Å². The summed E-state index contributed by atoms with van der Waals surface area (Å²) in [5, 5.41) is 7.84. The van der Waals surface area contributed by atoms with E-state index in [0.29, 0.717) is 0 Å². The molecule has 0 spiro atoms. The molecule has 0 bridgehead atoms. The molecule has 0 aromatic rings. The van der Waals surface area contributed by atoms with Gasteiger partial charge in [0.25, 0.3) is 0 Å². The molecule has 0 aliphatic carbocycles. The molecule has 8 N–H and O–H groups in total. The summed E-state index contributed by atoms with van der Waals surface area (Å²) in [5.74, 6) is 0. The van der Waals surface area contributed by atoms with E-state index in [1.54, 1.807) is 6.07 Å². The molecule has 0 radical (unpaired) electrons. The predicted molar refractivity (Wildman–Crippen MR) is 38.0 cm³/mol. The molecule has 11 heavy (non-hydrogen) atoms. The lowest BCUT2D eigenvalue weighted by atomic mass is 10.6. The highest BCUT2D eigenvalue weighted by atomic mass is 31.2. The van der Waals surface area contributed by atoms with Crippen molar-refractivity contribution < 1.29 is 30.8 Å². The van der Waals surface area contributed by atoms with E-state index in [2.05, 4.69) is 0 Å². The maximum Gasteiger partial charge on any atom is 0.326 e. The van der Waals surface area contributed by atoms with E-state index in [1.807, 2.05) is 0 Å². The van der Waals surface area contributed by atoms with Gasteiger partial charge in [-0.2, -0.15) is 5.26 Å². The molecule has 0 saturated carbocycles. The highest BCUT2D eigenvalue weighted by Crippen LogP contribution is 2.34. The largest absolute Gasteiger partial charge is 0.412 e. The van der Waals surface area contributed by atoms with Crippen LogP contribution in [0.2, 0.25) is 0 Å². The van der Waals surface area contributed by atoms with Crippen molar-refractivity contribution >= 4 is 7.60 Å². The molecule has 0 aliphatic heterocycles. The molecule has 70 valence electrons. The first-order valence-corrected chi connectivity index (χ1v) is 3.77. The Hall–Kier alpha value is -0.480. The van der Waals surface area contributed by atoms with E-state index >= 15 is 0 Å². The molecule has 0 atom stereocenters. The first kappa shape index (κ1) is 22.4. The maximum atomic E-state index is 9.93. The van der Waals surface area contributed by atoms with Crippen molar-refractivity contribution in [2.24, 2.45) is 0 Å².